The largest absolute Gasteiger partial charge is 0.474 e. The van der Waals surface area contributed by atoms with E-state index in [9.17, 15) is 4.79 Å². The molecule has 2 aliphatic rings. The highest BCUT2D eigenvalue weighted by atomic mass is 16.5. The van der Waals surface area contributed by atoms with Gasteiger partial charge in [0.15, 0.2) is 5.69 Å². The first-order valence-electron chi connectivity index (χ1n) is 9.46. The number of H-pyrrole nitrogens is 1. The normalized spacial score (nSPS) is 17.5. The third-order valence-corrected chi connectivity index (χ3v) is 5.11. The molecule has 26 heavy (non-hydrogen) atoms. The van der Waals surface area contributed by atoms with Crippen molar-refractivity contribution in [3.8, 4) is 5.88 Å². The molecule has 2 aromatic heterocycles. The van der Waals surface area contributed by atoms with Gasteiger partial charge in [-0.25, -0.2) is 4.98 Å². The first-order valence-corrected chi connectivity index (χ1v) is 9.46. The Bertz CT molecular complexity index is 767. The number of fused-ring (bicyclic) bond motifs is 1. The molecule has 0 radical (unpaired) electrons. The molecule has 138 valence electrons. The Balaban J connectivity index is 1.36. The number of rotatable bonds is 5. The first kappa shape index (κ1) is 17.0. The van der Waals surface area contributed by atoms with Crippen molar-refractivity contribution in [1.82, 2.24) is 25.8 Å². The molecule has 3 heterocycles. The molecule has 0 atom stereocenters. The zero-order valence-electron chi connectivity index (χ0n) is 14.9. The van der Waals surface area contributed by atoms with E-state index >= 15 is 0 Å². The number of pyridine rings is 1. The summed E-state index contributed by atoms with van der Waals surface area (Å²) in [5.41, 5.74) is 3.49. The van der Waals surface area contributed by atoms with E-state index in [2.05, 4.69) is 25.8 Å². The average molecular weight is 355 g/mol. The van der Waals surface area contributed by atoms with Crippen molar-refractivity contribution >= 4 is 5.91 Å². The number of nitrogens with one attached hydrogen (secondary N) is 3. The second-order valence-electron chi connectivity index (χ2n) is 7.02. The van der Waals surface area contributed by atoms with Gasteiger partial charge >= 0.3 is 0 Å². The van der Waals surface area contributed by atoms with Crippen molar-refractivity contribution in [3.63, 3.8) is 0 Å². The van der Waals surface area contributed by atoms with Crippen LogP contribution in [0.25, 0.3) is 0 Å². The van der Waals surface area contributed by atoms with Gasteiger partial charge < -0.3 is 15.4 Å². The minimum atomic E-state index is -0.155. The van der Waals surface area contributed by atoms with Gasteiger partial charge in [-0.1, -0.05) is 6.42 Å². The van der Waals surface area contributed by atoms with Gasteiger partial charge in [0.05, 0.1) is 0 Å². The van der Waals surface area contributed by atoms with Crippen molar-refractivity contribution < 1.29 is 9.53 Å². The SMILES string of the molecule is O=C(NCc1ccnc(OC2CCCCC2)c1)c1n[nH]c2c1CNCC2. The Morgan fingerprint density at radius 1 is 1.31 bits per heavy atom. The summed E-state index contributed by atoms with van der Waals surface area (Å²) in [4.78, 5) is 16.8. The topological polar surface area (TPSA) is 91.9 Å². The van der Waals surface area contributed by atoms with Gasteiger partial charge in [0.25, 0.3) is 5.91 Å². The highest BCUT2D eigenvalue weighted by Gasteiger charge is 2.21. The fourth-order valence-electron chi connectivity index (χ4n) is 3.66. The first-order chi connectivity index (χ1) is 12.8. The van der Waals surface area contributed by atoms with Gasteiger partial charge in [-0.3, -0.25) is 9.89 Å². The van der Waals surface area contributed by atoms with E-state index in [-0.39, 0.29) is 12.0 Å². The Morgan fingerprint density at radius 3 is 3.08 bits per heavy atom. The summed E-state index contributed by atoms with van der Waals surface area (Å²) in [5, 5.41) is 13.4. The minimum Gasteiger partial charge on any atom is -0.474 e. The predicted molar refractivity (Wildman–Crippen MR) is 96.9 cm³/mol. The van der Waals surface area contributed by atoms with E-state index < -0.39 is 0 Å². The zero-order valence-corrected chi connectivity index (χ0v) is 14.9. The smallest absolute Gasteiger partial charge is 0.272 e. The third-order valence-electron chi connectivity index (χ3n) is 5.11. The van der Waals surface area contributed by atoms with Crippen LogP contribution in [-0.2, 0) is 19.5 Å². The van der Waals surface area contributed by atoms with Crippen LogP contribution in [0.5, 0.6) is 5.88 Å². The number of ether oxygens (including phenoxy) is 1. The van der Waals surface area contributed by atoms with Gasteiger partial charge in [-0.2, -0.15) is 5.10 Å². The number of hydrogen-bond acceptors (Lipinski definition) is 5. The number of amides is 1. The highest BCUT2D eigenvalue weighted by molar-refractivity contribution is 5.94. The van der Waals surface area contributed by atoms with Crippen molar-refractivity contribution in [2.24, 2.45) is 0 Å². The van der Waals surface area contributed by atoms with Crippen LogP contribution in [0.2, 0.25) is 0 Å². The van der Waals surface area contributed by atoms with Crippen LogP contribution in [0, 0.1) is 0 Å². The fourth-order valence-corrected chi connectivity index (χ4v) is 3.66. The van der Waals surface area contributed by atoms with E-state index in [4.69, 9.17) is 4.74 Å². The van der Waals surface area contributed by atoms with E-state index in [0.29, 0.717) is 24.7 Å². The summed E-state index contributed by atoms with van der Waals surface area (Å²) >= 11 is 0. The molecule has 0 aromatic carbocycles. The summed E-state index contributed by atoms with van der Waals surface area (Å²) in [6.07, 6.45) is 8.83. The number of nitrogens with zero attached hydrogens (tertiary/aromatic N) is 2. The zero-order chi connectivity index (χ0) is 17.8. The summed E-state index contributed by atoms with van der Waals surface area (Å²) in [6, 6.07) is 3.81. The molecule has 0 spiro atoms. The molecular weight excluding hydrogens is 330 g/mol. The molecule has 0 saturated heterocycles. The molecule has 0 unspecified atom stereocenters. The maximum absolute atomic E-state index is 12.5. The van der Waals surface area contributed by atoms with Crippen LogP contribution in [0.15, 0.2) is 18.3 Å². The highest BCUT2D eigenvalue weighted by Crippen LogP contribution is 2.22. The lowest BCUT2D eigenvalue weighted by Crippen LogP contribution is -2.28. The van der Waals surface area contributed by atoms with Crippen molar-refractivity contribution in [1.29, 1.82) is 0 Å². The molecule has 7 heteroatoms. The molecule has 2 aromatic rings. The van der Waals surface area contributed by atoms with Crippen LogP contribution in [0.1, 0.15) is 59.4 Å². The van der Waals surface area contributed by atoms with Crippen molar-refractivity contribution in [3.05, 3.63) is 40.8 Å². The number of aromatic amines is 1. The van der Waals surface area contributed by atoms with E-state index in [1.54, 1.807) is 6.20 Å². The third kappa shape index (κ3) is 3.88. The molecular formula is C19H25N5O2. The minimum absolute atomic E-state index is 0.155. The van der Waals surface area contributed by atoms with E-state index in [0.717, 1.165) is 42.6 Å². The van der Waals surface area contributed by atoms with Crippen LogP contribution < -0.4 is 15.4 Å². The summed E-state index contributed by atoms with van der Waals surface area (Å²) < 4.78 is 6.00. The van der Waals surface area contributed by atoms with Crippen molar-refractivity contribution in [2.45, 2.75) is 57.7 Å². The lowest BCUT2D eigenvalue weighted by molar-refractivity contribution is 0.0944. The summed E-state index contributed by atoms with van der Waals surface area (Å²) in [7, 11) is 0. The van der Waals surface area contributed by atoms with Gasteiger partial charge in [0, 0.05) is 49.6 Å². The van der Waals surface area contributed by atoms with Gasteiger partial charge in [-0.05, 0) is 37.3 Å². The van der Waals surface area contributed by atoms with Gasteiger partial charge in [0.1, 0.15) is 6.10 Å². The average Bonchev–Trinajstić information content (AvgIpc) is 3.11. The van der Waals surface area contributed by atoms with Gasteiger partial charge in [0.2, 0.25) is 5.88 Å². The van der Waals surface area contributed by atoms with Crippen LogP contribution in [0.4, 0.5) is 0 Å². The molecule has 1 amide bonds. The van der Waals surface area contributed by atoms with Crippen LogP contribution >= 0.6 is 0 Å². The molecule has 7 nitrogen and oxygen atoms in total. The second kappa shape index (κ2) is 7.86. The summed E-state index contributed by atoms with van der Waals surface area (Å²) in [5.74, 6) is 0.489. The molecule has 1 saturated carbocycles. The number of hydrogen-bond donors (Lipinski definition) is 3. The molecule has 1 aliphatic carbocycles. The lowest BCUT2D eigenvalue weighted by atomic mass is 9.98. The quantitative estimate of drug-likeness (QED) is 0.764. The maximum Gasteiger partial charge on any atom is 0.272 e. The Kier molecular flexibility index (Phi) is 5.15. The summed E-state index contributed by atoms with van der Waals surface area (Å²) in [6.45, 7) is 2.03. The number of aromatic nitrogens is 3. The standard InChI is InChI=1S/C19H25N5O2/c25-19(18-15-12-20-8-7-16(15)23-24-18)22-11-13-6-9-21-17(10-13)26-14-4-2-1-3-5-14/h6,9-10,14,20H,1-5,7-8,11-12H2,(H,22,25)(H,23,24). The molecule has 1 fully saturated rings. The van der Waals surface area contributed by atoms with E-state index in [1.807, 2.05) is 12.1 Å². The lowest BCUT2D eigenvalue weighted by Gasteiger charge is -2.22. The molecule has 1 aliphatic heterocycles. The van der Waals surface area contributed by atoms with Crippen molar-refractivity contribution in [2.75, 3.05) is 6.54 Å². The molecule has 0 bridgehead atoms. The molecule has 3 N–H and O–H groups in total. The monoisotopic (exact) mass is 355 g/mol. The molecule has 4 rings (SSSR count). The fraction of sp³-hybridized carbons (Fsp3) is 0.526. The number of carbonyl (C=O) groups is 1. The van der Waals surface area contributed by atoms with Gasteiger partial charge in [-0.15, -0.1) is 0 Å². The van der Waals surface area contributed by atoms with E-state index in [1.165, 1.54) is 19.3 Å². The Labute approximate surface area is 152 Å². The number of carbonyl (C=O) groups excluding carboxylic acids is 1. The Hall–Kier alpha value is -2.41. The Morgan fingerprint density at radius 2 is 2.19 bits per heavy atom. The second-order valence-corrected chi connectivity index (χ2v) is 7.02. The maximum atomic E-state index is 12.5. The van der Waals surface area contributed by atoms with Crippen LogP contribution in [-0.4, -0.2) is 33.7 Å². The predicted octanol–water partition coefficient (Wildman–Crippen LogP) is 2.09. The van der Waals surface area contributed by atoms with Crippen LogP contribution in [0.3, 0.4) is 0 Å².